The fourth-order valence-corrected chi connectivity index (χ4v) is 1.38. The van der Waals surface area contributed by atoms with Crippen molar-refractivity contribution in [2.45, 2.75) is 39.2 Å². The summed E-state index contributed by atoms with van der Waals surface area (Å²) in [4.78, 5) is 13.6. The van der Waals surface area contributed by atoms with Gasteiger partial charge >= 0.3 is 0 Å². The minimum atomic E-state index is 0.188. The van der Waals surface area contributed by atoms with Crippen molar-refractivity contribution < 1.29 is 4.79 Å². The fourth-order valence-electron chi connectivity index (χ4n) is 1.38. The lowest BCUT2D eigenvalue weighted by molar-refractivity contribution is -0.123. The van der Waals surface area contributed by atoms with Gasteiger partial charge in [-0.3, -0.25) is 9.69 Å². The molecule has 0 saturated heterocycles. The van der Waals surface area contributed by atoms with Crippen molar-refractivity contribution in [1.82, 2.24) is 4.90 Å². The summed E-state index contributed by atoms with van der Waals surface area (Å²) in [6.45, 7) is 4.58. The molecule has 1 fully saturated rings. The molecule has 1 saturated carbocycles. The van der Waals surface area contributed by atoms with Crippen LogP contribution >= 0.6 is 0 Å². The van der Waals surface area contributed by atoms with Crippen molar-refractivity contribution >= 4 is 5.78 Å². The van der Waals surface area contributed by atoms with Gasteiger partial charge in [0.1, 0.15) is 5.78 Å². The number of ketones is 1. The number of likely N-dealkylation sites (N-methyl/N-ethyl adjacent to an activating group) is 1. The quantitative estimate of drug-likeness (QED) is 0.638. The molecule has 1 aliphatic rings. The molecule has 0 aliphatic heterocycles. The molecule has 0 unspecified atom stereocenters. The maximum absolute atomic E-state index is 11.4. The summed E-state index contributed by atoms with van der Waals surface area (Å²) in [7, 11) is 2.06. The summed E-state index contributed by atoms with van der Waals surface area (Å²) >= 11 is 0. The number of Topliss-reactive ketones (excluding diaryl/α,β-unsaturated/α-hetero) is 1. The van der Waals surface area contributed by atoms with Crippen LogP contribution in [0.2, 0.25) is 0 Å². The zero-order valence-electron chi connectivity index (χ0n) is 8.34. The van der Waals surface area contributed by atoms with Crippen LogP contribution < -0.4 is 0 Å². The van der Waals surface area contributed by atoms with Gasteiger partial charge in [0.25, 0.3) is 0 Å². The molecule has 0 heterocycles. The fraction of sp³-hybridized carbons (Fsp3) is 0.900. The predicted molar refractivity (Wildman–Crippen MR) is 50.1 cm³/mol. The Labute approximate surface area is 74.9 Å². The van der Waals surface area contributed by atoms with Gasteiger partial charge in [-0.15, -0.1) is 0 Å². The third kappa shape index (κ3) is 2.31. The van der Waals surface area contributed by atoms with Crippen molar-refractivity contribution in [2.24, 2.45) is 5.92 Å². The Morgan fingerprint density at radius 2 is 2.08 bits per heavy atom. The Kier molecular flexibility index (Phi) is 3.27. The van der Waals surface area contributed by atoms with Crippen molar-refractivity contribution in [3.63, 3.8) is 0 Å². The lowest BCUT2D eigenvalue weighted by Gasteiger charge is -2.34. The third-order valence-electron chi connectivity index (χ3n) is 2.75. The van der Waals surface area contributed by atoms with E-state index in [1.807, 2.05) is 13.8 Å². The number of carbonyl (C=O) groups excluding carboxylic acids is 1. The minimum absolute atomic E-state index is 0.188. The Morgan fingerprint density at radius 1 is 1.50 bits per heavy atom. The molecule has 2 nitrogen and oxygen atoms in total. The highest BCUT2D eigenvalue weighted by Crippen LogP contribution is 2.23. The van der Waals surface area contributed by atoms with Crippen molar-refractivity contribution in [1.29, 1.82) is 0 Å². The molecular formula is C10H19NO. The summed E-state index contributed by atoms with van der Waals surface area (Å²) in [5.41, 5.74) is 0. The van der Waals surface area contributed by atoms with Crippen molar-refractivity contribution in [3.8, 4) is 0 Å². The lowest BCUT2D eigenvalue weighted by atomic mass is 9.91. The Hall–Kier alpha value is -0.370. The topological polar surface area (TPSA) is 20.3 Å². The summed E-state index contributed by atoms with van der Waals surface area (Å²) in [6, 6.07) is 0.688. The third-order valence-corrected chi connectivity index (χ3v) is 2.75. The monoisotopic (exact) mass is 169 g/mol. The zero-order chi connectivity index (χ0) is 9.14. The number of carbonyl (C=O) groups is 1. The van der Waals surface area contributed by atoms with Crippen LogP contribution in [-0.4, -0.2) is 30.3 Å². The average Bonchev–Trinajstić information content (AvgIpc) is 1.82. The molecule has 70 valence electrons. The second kappa shape index (κ2) is 4.04. The van der Waals surface area contributed by atoms with Gasteiger partial charge in [-0.1, -0.05) is 20.3 Å². The molecule has 0 spiro atoms. The van der Waals surface area contributed by atoms with E-state index >= 15 is 0 Å². The van der Waals surface area contributed by atoms with E-state index in [1.54, 1.807) is 0 Å². The van der Waals surface area contributed by atoms with Gasteiger partial charge in [-0.2, -0.15) is 0 Å². The van der Waals surface area contributed by atoms with Gasteiger partial charge in [0.05, 0.1) is 6.54 Å². The predicted octanol–water partition coefficient (Wildman–Crippen LogP) is 1.70. The summed E-state index contributed by atoms with van der Waals surface area (Å²) < 4.78 is 0. The number of hydrogen-bond acceptors (Lipinski definition) is 2. The standard InChI is InChI=1S/C10H19NO/c1-8(2)10(12)7-11(3)9-5-4-6-9/h8-9H,4-7H2,1-3H3. The number of nitrogens with zero attached hydrogens (tertiary/aromatic N) is 1. The van der Waals surface area contributed by atoms with Crippen LogP contribution in [0.1, 0.15) is 33.1 Å². The van der Waals surface area contributed by atoms with E-state index in [0.717, 1.165) is 0 Å². The van der Waals surface area contributed by atoms with Gasteiger partial charge in [0.2, 0.25) is 0 Å². The zero-order valence-corrected chi connectivity index (χ0v) is 8.34. The van der Waals surface area contributed by atoms with Crippen molar-refractivity contribution in [2.75, 3.05) is 13.6 Å². The lowest BCUT2D eigenvalue weighted by Crippen LogP contribution is -2.41. The number of rotatable bonds is 4. The van der Waals surface area contributed by atoms with Gasteiger partial charge in [-0.05, 0) is 19.9 Å². The molecule has 0 N–H and O–H groups in total. The van der Waals surface area contributed by atoms with Crippen LogP contribution in [0.15, 0.2) is 0 Å². The Balaban J connectivity index is 2.24. The van der Waals surface area contributed by atoms with Gasteiger partial charge < -0.3 is 0 Å². The van der Waals surface area contributed by atoms with Crippen LogP contribution in [-0.2, 0) is 4.79 Å². The van der Waals surface area contributed by atoms with E-state index in [0.29, 0.717) is 18.4 Å². The smallest absolute Gasteiger partial charge is 0.149 e. The molecule has 12 heavy (non-hydrogen) atoms. The highest BCUT2D eigenvalue weighted by Gasteiger charge is 2.23. The van der Waals surface area contributed by atoms with E-state index < -0.39 is 0 Å². The van der Waals surface area contributed by atoms with Crippen LogP contribution in [0, 0.1) is 5.92 Å². The average molecular weight is 169 g/mol. The van der Waals surface area contributed by atoms with Gasteiger partial charge in [-0.25, -0.2) is 0 Å². The molecule has 0 aromatic carbocycles. The largest absolute Gasteiger partial charge is 0.298 e. The molecule has 2 heteroatoms. The van der Waals surface area contributed by atoms with Gasteiger partial charge in [0.15, 0.2) is 0 Å². The van der Waals surface area contributed by atoms with E-state index in [1.165, 1.54) is 19.3 Å². The highest BCUT2D eigenvalue weighted by atomic mass is 16.1. The maximum atomic E-state index is 11.4. The molecular weight excluding hydrogens is 150 g/mol. The molecule has 0 atom stereocenters. The molecule has 1 rings (SSSR count). The van der Waals surface area contributed by atoms with Crippen LogP contribution in [0.25, 0.3) is 0 Å². The second-order valence-electron chi connectivity index (χ2n) is 4.12. The first-order valence-electron chi connectivity index (χ1n) is 4.84. The first kappa shape index (κ1) is 9.72. The van der Waals surface area contributed by atoms with Crippen LogP contribution in [0.4, 0.5) is 0 Å². The first-order chi connectivity index (χ1) is 5.61. The SMILES string of the molecule is CC(C)C(=O)CN(C)C1CCC1. The maximum Gasteiger partial charge on any atom is 0.149 e. The minimum Gasteiger partial charge on any atom is -0.298 e. The molecule has 0 aromatic rings. The normalized spacial score (nSPS) is 18.4. The van der Waals surface area contributed by atoms with E-state index in [4.69, 9.17) is 0 Å². The molecule has 1 aliphatic carbocycles. The molecule has 0 bridgehead atoms. The van der Waals surface area contributed by atoms with E-state index in [9.17, 15) is 4.79 Å². The van der Waals surface area contributed by atoms with Gasteiger partial charge in [0, 0.05) is 12.0 Å². The summed E-state index contributed by atoms with van der Waals surface area (Å²) in [6.07, 6.45) is 3.90. The Morgan fingerprint density at radius 3 is 2.42 bits per heavy atom. The molecule has 0 aromatic heterocycles. The molecule has 0 amide bonds. The van der Waals surface area contributed by atoms with Crippen LogP contribution in [0.5, 0.6) is 0 Å². The van der Waals surface area contributed by atoms with E-state index in [-0.39, 0.29) is 5.92 Å². The summed E-state index contributed by atoms with van der Waals surface area (Å²) in [5, 5.41) is 0. The molecule has 0 radical (unpaired) electrons. The second-order valence-corrected chi connectivity index (χ2v) is 4.12. The Bertz CT molecular complexity index is 161. The van der Waals surface area contributed by atoms with Crippen LogP contribution in [0.3, 0.4) is 0 Å². The first-order valence-corrected chi connectivity index (χ1v) is 4.84. The van der Waals surface area contributed by atoms with Crippen molar-refractivity contribution in [3.05, 3.63) is 0 Å². The summed E-state index contributed by atoms with van der Waals surface area (Å²) in [5.74, 6) is 0.553. The van der Waals surface area contributed by atoms with E-state index in [2.05, 4.69) is 11.9 Å². The highest BCUT2D eigenvalue weighted by molar-refractivity contribution is 5.82. The number of hydrogen-bond donors (Lipinski definition) is 0.